The Morgan fingerprint density at radius 2 is 2.02 bits per heavy atom. The summed E-state index contributed by atoms with van der Waals surface area (Å²) >= 11 is 7.02. The molecule has 3 aromatic rings. The lowest BCUT2D eigenvalue weighted by atomic mass is 10.1. The number of nitrogens with one attached hydrogen (secondary N) is 3. The Balaban J connectivity index is 1.51. The number of carbonyl (C=O) groups is 2. The molecular weight excluding hydrogens is 571 g/mol. The van der Waals surface area contributed by atoms with Gasteiger partial charge in [0, 0.05) is 36.1 Å². The Morgan fingerprint density at radius 3 is 2.67 bits per heavy atom. The Labute approximate surface area is 237 Å². The minimum atomic E-state index is -4.63. The highest BCUT2D eigenvalue weighted by Gasteiger charge is 2.34. The second kappa shape index (κ2) is 12.9. The van der Waals surface area contributed by atoms with Crippen molar-refractivity contribution in [1.82, 2.24) is 25.2 Å². The van der Waals surface area contributed by atoms with Gasteiger partial charge in [-0.25, -0.2) is 15.0 Å². The van der Waals surface area contributed by atoms with E-state index in [1.54, 1.807) is 0 Å². The monoisotopic (exact) mass is 597 g/mol. The van der Waals surface area contributed by atoms with Crippen LogP contribution in [0.5, 0.6) is 0 Å². The molecule has 0 unspecified atom stereocenters. The maximum absolute atomic E-state index is 13.5. The molecule has 1 aliphatic rings. The van der Waals surface area contributed by atoms with Crippen LogP contribution in [0.3, 0.4) is 0 Å². The molecule has 3 heterocycles. The first-order valence-electron chi connectivity index (χ1n) is 12.4. The number of rotatable bonds is 11. The molecule has 4 rings (SSSR count). The third kappa shape index (κ3) is 7.65. The molecule has 2 aromatic heterocycles. The number of nitrogens with zero attached hydrogens (tertiary/aromatic N) is 4. The van der Waals surface area contributed by atoms with Crippen LogP contribution < -0.4 is 16.0 Å². The number of anilines is 2. The van der Waals surface area contributed by atoms with Crippen LogP contribution in [-0.4, -0.2) is 69.1 Å². The lowest BCUT2D eigenvalue weighted by Crippen LogP contribution is -2.27. The number of alkyl halides is 3. The summed E-state index contributed by atoms with van der Waals surface area (Å²) in [5, 5.41) is 16.8. The van der Waals surface area contributed by atoms with Gasteiger partial charge in [0.15, 0.2) is 5.13 Å². The number of likely N-dealkylation sites (tertiary alicyclic amines) is 1. The van der Waals surface area contributed by atoms with Crippen molar-refractivity contribution in [3.63, 3.8) is 0 Å². The molecule has 10 nitrogen and oxygen atoms in total. The summed E-state index contributed by atoms with van der Waals surface area (Å²) in [7, 11) is 0. The predicted octanol–water partition coefficient (Wildman–Crippen LogP) is 4.60. The van der Waals surface area contributed by atoms with Crippen LogP contribution in [0.25, 0.3) is 11.3 Å². The largest absolute Gasteiger partial charge is 0.480 e. The molecule has 1 atom stereocenters. The normalized spacial score (nSPS) is 15.8. The molecule has 0 saturated carbocycles. The van der Waals surface area contributed by atoms with Crippen molar-refractivity contribution in [2.45, 2.75) is 38.5 Å². The van der Waals surface area contributed by atoms with Crippen LogP contribution >= 0.6 is 22.9 Å². The first-order chi connectivity index (χ1) is 19.0. The van der Waals surface area contributed by atoms with Crippen LogP contribution in [0.4, 0.5) is 24.1 Å². The molecule has 15 heteroatoms. The second-order valence-electron chi connectivity index (χ2n) is 9.18. The SMILES string of the molecule is C[C@@H]1CCCN1Cc1sc(NC(=O)c2cnc(NCCNCC(=O)O)cn2)nc1-c1ccc(Cl)c(C(F)(F)F)c1. The fourth-order valence-electron chi connectivity index (χ4n) is 4.21. The summed E-state index contributed by atoms with van der Waals surface area (Å²) in [6, 6.07) is 3.99. The zero-order valence-corrected chi connectivity index (χ0v) is 23.0. The third-order valence-corrected chi connectivity index (χ3v) is 7.55. The van der Waals surface area contributed by atoms with Crippen molar-refractivity contribution in [3.05, 3.63) is 51.7 Å². The van der Waals surface area contributed by atoms with Gasteiger partial charge in [0.2, 0.25) is 0 Å². The number of thiazole rings is 1. The Hall–Kier alpha value is -3.33. The Morgan fingerprint density at radius 1 is 1.23 bits per heavy atom. The van der Waals surface area contributed by atoms with E-state index in [0.717, 1.165) is 30.3 Å². The number of hydrogen-bond donors (Lipinski definition) is 4. The predicted molar refractivity (Wildman–Crippen MR) is 146 cm³/mol. The van der Waals surface area contributed by atoms with E-state index in [1.165, 1.54) is 35.9 Å². The van der Waals surface area contributed by atoms with Gasteiger partial charge in [-0.1, -0.05) is 29.0 Å². The summed E-state index contributed by atoms with van der Waals surface area (Å²) in [4.78, 5) is 39.1. The lowest BCUT2D eigenvalue weighted by molar-refractivity contribution is -0.137. The minimum absolute atomic E-state index is 0.0202. The molecule has 40 heavy (non-hydrogen) atoms. The summed E-state index contributed by atoms with van der Waals surface area (Å²) < 4.78 is 40.6. The van der Waals surface area contributed by atoms with Gasteiger partial charge in [0.1, 0.15) is 11.5 Å². The number of amides is 1. The van der Waals surface area contributed by atoms with E-state index in [-0.39, 0.29) is 22.9 Å². The van der Waals surface area contributed by atoms with Gasteiger partial charge in [0.05, 0.1) is 35.2 Å². The molecule has 4 N–H and O–H groups in total. The molecule has 1 aliphatic heterocycles. The van der Waals surface area contributed by atoms with E-state index in [2.05, 4.69) is 42.7 Å². The van der Waals surface area contributed by atoms with Gasteiger partial charge >= 0.3 is 12.1 Å². The highest BCUT2D eigenvalue weighted by molar-refractivity contribution is 7.16. The van der Waals surface area contributed by atoms with Crippen LogP contribution in [-0.2, 0) is 17.5 Å². The van der Waals surface area contributed by atoms with Gasteiger partial charge in [-0.05, 0) is 38.4 Å². The number of aliphatic carboxylic acids is 1. The highest BCUT2D eigenvalue weighted by atomic mass is 35.5. The van der Waals surface area contributed by atoms with Crippen LogP contribution in [0.2, 0.25) is 5.02 Å². The maximum Gasteiger partial charge on any atom is 0.417 e. The molecule has 1 saturated heterocycles. The maximum atomic E-state index is 13.5. The Bertz CT molecular complexity index is 1350. The van der Waals surface area contributed by atoms with E-state index in [1.807, 2.05) is 0 Å². The lowest BCUT2D eigenvalue weighted by Gasteiger charge is -2.20. The molecule has 1 fully saturated rings. The number of halogens is 4. The highest BCUT2D eigenvalue weighted by Crippen LogP contribution is 2.40. The first-order valence-corrected chi connectivity index (χ1v) is 13.6. The van der Waals surface area contributed by atoms with Gasteiger partial charge in [-0.2, -0.15) is 13.2 Å². The van der Waals surface area contributed by atoms with Crippen molar-refractivity contribution in [2.75, 3.05) is 36.8 Å². The first kappa shape index (κ1) is 29.6. The zero-order valence-electron chi connectivity index (χ0n) is 21.4. The number of carbonyl (C=O) groups excluding carboxylic acids is 1. The number of carboxylic acids is 1. The van der Waals surface area contributed by atoms with E-state index in [4.69, 9.17) is 16.7 Å². The van der Waals surface area contributed by atoms with Crippen molar-refractivity contribution in [1.29, 1.82) is 0 Å². The Kier molecular flexibility index (Phi) is 9.56. The molecule has 0 bridgehead atoms. The van der Waals surface area contributed by atoms with Gasteiger partial charge in [0.25, 0.3) is 5.91 Å². The number of aromatic nitrogens is 3. The van der Waals surface area contributed by atoms with Gasteiger partial charge in [-0.15, -0.1) is 0 Å². The van der Waals surface area contributed by atoms with E-state index < -0.39 is 28.6 Å². The minimum Gasteiger partial charge on any atom is -0.480 e. The molecule has 0 spiro atoms. The molecule has 1 amide bonds. The summed E-state index contributed by atoms with van der Waals surface area (Å²) in [6.45, 7) is 4.07. The number of carboxylic acid groups (broad SMARTS) is 1. The van der Waals surface area contributed by atoms with Crippen molar-refractivity contribution >= 4 is 45.8 Å². The van der Waals surface area contributed by atoms with Crippen molar-refractivity contribution in [3.8, 4) is 11.3 Å². The molecular formula is C25H27ClF3N7O3S. The van der Waals surface area contributed by atoms with Crippen LogP contribution in [0, 0.1) is 0 Å². The second-order valence-corrected chi connectivity index (χ2v) is 10.7. The van der Waals surface area contributed by atoms with Crippen molar-refractivity contribution < 1.29 is 27.9 Å². The zero-order chi connectivity index (χ0) is 28.9. The number of benzene rings is 1. The van der Waals surface area contributed by atoms with Crippen LogP contribution in [0.15, 0.2) is 30.6 Å². The molecule has 1 aromatic carbocycles. The van der Waals surface area contributed by atoms with Crippen molar-refractivity contribution in [2.24, 2.45) is 0 Å². The van der Waals surface area contributed by atoms with E-state index >= 15 is 0 Å². The van der Waals surface area contributed by atoms with Gasteiger partial charge in [-0.3, -0.25) is 19.8 Å². The van der Waals surface area contributed by atoms with Crippen LogP contribution in [0.1, 0.15) is 40.7 Å². The molecule has 0 radical (unpaired) electrons. The van der Waals surface area contributed by atoms with Gasteiger partial charge < -0.3 is 15.7 Å². The standard InChI is InChI=1S/C25H27ClF3N7O3S/c1-14-3-2-8-36(14)13-19-22(15-4-5-17(26)16(9-15)25(27,28)29)34-24(40-19)35-23(39)18-10-33-20(11-32-18)31-7-6-30-12-21(37)38/h4-5,9-11,14,30H,2-3,6-8,12-13H2,1H3,(H,31,33)(H,37,38)(H,34,35,39)/t14-/m1/s1. The topological polar surface area (TPSA) is 132 Å². The summed E-state index contributed by atoms with van der Waals surface area (Å²) in [6.07, 6.45) is 0.0720. The fourth-order valence-corrected chi connectivity index (χ4v) is 5.44. The fraction of sp³-hybridized carbons (Fsp3) is 0.400. The molecule has 214 valence electrons. The summed E-state index contributed by atoms with van der Waals surface area (Å²) in [5.41, 5.74) is -0.327. The van der Waals surface area contributed by atoms with E-state index in [0.29, 0.717) is 37.2 Å². The number of hydrogen-bond acceptors (Lipinski definition) is 9. The molecule has 0 aliphatic carbocycles. The average Bonchev–Trinajstić information content (AvgIpc) is 3.49. The quantitative estimate of drug-likeness (QED) is 0.234. The van der Waals surface area contributed by atoms with E-state index in [9.17, 15) is 22.8 Å². The average molecular weight is 598 g/mol. The summed E-state index contributed by atoms with van der Waals surface area (Å²) in [5.74, 6) is -1.13. The third-order valence-electron chi connectivity index (χ3n) is 6.27. The smallest absolute Gasteiger partial charge is 0.417 e.